The lowest BCUT2D eigenvalue weighted by atomic mass is 10.2. The fourth-order valence-corrected chi connectivity index (χ4v) is 2.87. The van der Waals surface area contributed by atoms with E-state index in [0.717, 1.165) is 24.4 Å². The van der Waals surface area contributed by atoms with Crippen LogP contribution < -0.4 is 16.4 Å². The van der Waals surface area contributed by atoms with E-state index >= 15 is 0 Å². The number of amides is 1. The van der Waals surface area contributed by atoms with E-state index in [0.29, 0.717) is 28.1 Å². The number of rotatable bonds is 5. The molecule has 2 fully saturated rings. The van der Waals surface area contributed by atoms with E-state index < -0.39 is 0 Å². The number of nitrogens with zero attached hydrogens (tertiary/aromatic N) is 1. The Morgan fingerprint density at radius 1 is 1.42 bits per heavy atom. The van der Waals surface area contributed by atoms with Crippen molar-refractivity contribution in [1.82, 2.24) is 5.32 Å². The summed E-state index contributed by atoms with van der Waals surface area (Å²) in [5.74, 6) is 0.555. The predicted molar refractivity (Wildman–Crippen MR) is 75.1 cm³/mol. The number of nitrogens with one attached hydrogen (secondary N) is 2. The smallest absolute Gasteiger partial charge is 0.263 e. The highest BCUT2D eigenvalue weighted by Gasteiger charge is 2.28. The van der Waals surface area contributed by atoms with Crippen LogP contribution in [0.2, 0.25) is 0 Å². The van der Waals surface area contributed by atoms with Crippen molar-refractivity contribution in [1.29, 1.82) is 5.26 Å². The van der Waals surface area contributed by atoms with Gasteiger partial charge in [-0.2, -0.15) is 5.26 Å². The third-order valence-electron chi connectivity index (χ3n) is 3.42. The van der Waals surface area contributed by atoms with Crippen LogP contribution in [0.3, 0.4) is 0 Å². The van der Waals surface area contributed by atoms with Crippen LogP contribution in [-0.2, 0) is 0 Å². The summed E-state index contributed by atoms with van der Waals surface area (Å²) >= 11 is 1.29. The molecule has 1 aromatic rings. The molecule has 1 aromatic heterocycles. The van der Waals surface area contributed by atoms with Crippen LogP contribution in [0, 0.1) is 17.2 Å². The molecule has 0 unspecified atom stereocenters. The second kappa shape index (κ2) is 4.74. The first-order valence-corrected chi connectivity index (χ1v) is 7.37. The number of hydrogen-bond acceptors (Lipinski definition) is 5. The summed E-state index contributed by atoms with van der Waals surface area (Å²) in [5.41, 5.74) is 6.64. The van der Waals surface area contributed by atoms with Gasteiger partial charge in [-0.1, -0.05) is 0 Å². The van der Waals surface area contributed by atoms with E-state index in [-0.39, 0.29) is 5.91 Å². The highest BCUT2D eigenvalue weighted by Crippen LogP contribution is 2.37. The third kappa shape index (κ3) is 2.66. The lowest BCUT2D eigenvalue weighted by Gasteiger charge is -2.01. The van der Waals surface area contributed by atoms with Crippen LogP contribution in [0.15, 0.2) is 0 Å². The van der Waals surface area contributed by atoms with Crippen LogP contribution in [0.25, 0.3) is 0 Å². The fourth-order valence-electron chi connectivity index (χ4n) is 1.89. The monoisotopic (exact) mass is 276 g/mol. The first-order chi connectivity index (χ1) is 9.19. The van der Waals surface area contributed by atoms with Crippen molar-refractivity contribution in [2.24, 2.45) is 5.92 Å². The molecule has 0 aromatic carbocycles. The largest absolute Gasteiger partial charge is 0.396 e. The van der Waals surface area contributed by atoms with Crippen LogP contribution in [-0.4, -0.2) is 18.5 Å². The number of carbonyl (C=O) groups excluding carboxylic acids is 1. The highest BCUT2D eigenvalue weighted by molar-refractivity contribution is 7.18. The van der Waals surface area contributed by atoms with Crippen molar-refractivity contribution in [3.8, 4) is 6.07 Å². The van der Waals surface area contributed by atoms with Gasteiger partial charge in [0.2, 0.25) is 0 Å². The topological polar surface area (TPSA) is 90.9 Å². The number of nitrogens with two attached hydrogens (primary N) is 1. The van der Waals surface area contributed by atoms with Gasteiger partial charge >= 0.3 is 0 Å². The molecule has 6 heteroatoms. The van der Waals surface area contributed by atoms with Gasteiger partial charge in [0.1, 0.15) is 21.5 Å². The number of hydrogen-bond donors (Lipinski definition) is 3. The first-order valence-electron chi connectivity index (χ1n) is 6.56. The van der Waals surface area contributed by atoms with Gasteiger partial charge in [0, 0.05) is 12.6 Å². The number of thiophene rings is 1. The maximum atomic E-state index is 12.0. The summed E-state index contributed by atoms with van der Waals surface area (Å²) in [7, 11) is 0. The highest BCUT2D eigenvalue weighted by atomic mass is 32.1. The van der Waals surface area contributed by atoms with Crippen molar-refractivity contribution >= 4 is 27.9 Å². The Balaban J connectivity index is 1.78. The molecule has 5 nitrogen and oxygen atoms in total. The molecule has 2 aliphatic carbocycles. The third-order valence-corrected chi connectivity index (χ3v) is 4.59. The molecule has 100 valence electrons. The van der Waals surface area contributed by atoms with Crippen LogP contribution in [0.4, 0.5) is 10.7 Å². The van der Waals surface area contributed by atoms with Gasteiger partial charge in [-0.05, 0) is 31.6 Å². The molecule has 1 heterocycles. The van der Waals surface area contributed by atoms with E-state index in [1.807, 2.05) is 0 Å². The lowest BCUT2D eigenvalue weighted by Crippen LogP contribution is -2.25. The lowest BCUT2D eigenvalue weighted by molar-refractivity contribution is 0.0956. The molecule has 19 heavy (non-hydrogen) atoms. The zero-order chi connectivity index (χ0) is 13.4. The van der Waals surface area contributed by atoms with Crippen molar-refractivity contribution in [3.63, 3.8) is 0 Å². The fraction of sp³-hybridized carbons (Fsp3) is 0.538. The molecular weight excluding hydrogens is 260 g/mol. The van der Waals surface area contributed by atoms with E-state index in [4.69, 9.17) is 5.73 Å². The molecule has 2 aliphatic rings. The summed E-state index contributed by atoms with van der Waals surface area (Å²) < 4.78 is 0. The summed E-state index contributed by atoms with van der Waals surface area (Å²) in [6.07, 6.45) is 4.55. The minimum absolute atomic E-state index is 0.152. The van der Waals surface area contributed by atoms with E-state index in [9.17, 15) is 10.1 Å². The molecule has 0 atom stereocenters. The number of nitriles is 1. The average Bonchev–Trinajstić information content (AvgIpc) is 3.28. The maximum absolute atomic E-state index is 12.0. The Morgan fingerprint density at radius 2 is 2.16 bits per heavy atom. The quantitative estimate of drug-likeness (QED) is 0.766. The Kier molecular flexibility index (Phi) is 3.07. The first kappa shape index (κ1) is 12.3. The number of carbonyl (C=O) groups is 1. The second-order valence-corrected chi connectivity index (χ2v) is 6.25. The van der Waals surface area contributed by atoms with E-state index in [1.54, 1.807) is 0 Å². The van der Waals surface area contributed by atoms with Gasteiger partial charge in [0.25, 0.3) is 5.91 Å². The molecule has 0 saturated heterocycles. The Labute approximate surface area is 115 Å². The molecule has 0 radical (unpaired) electrons. The summed E-state index contributed by atoms with van der Waals surface area (Å²) in [6.45, 7) is 0.859. The normalized spacial score (nSPS) is 17.8. The summed E-state index contributed by atoms with van der Waals surface area (Å²) in [6, 6.07) is 2.39. The molecule has 0 spiro atoms. The molecule has 2 saturated carbocycles. The number of anilines is 2. The second-order valence-electron chi connectivity index (χ2n) is 5.23. The van der Waals surface area contributed by atoms with Crippen LogP contribution >= 0.6 is 11.3 Å². The molecular formula is C13H16N4OS. The van der Waals surface area contributed by atoms with Gasteiger partial charge in [0.15, 0.2) is 0 Å². The Hall–Kier alpha value is -1.74. The Morgan fingerprint density at radius 3 is 2.74 bits per heavy atom. The van der Waals surface area contributed by atoms with Gasteiger partial charge in [-0.3, -0.25) is 4.79 Å². The van der Waals surface area contributed by atoms with Gasteiger partial charge in [-0.15, -0.1) is 11.3 Å². The summed E-state index contributed by atoms with van der Waals surface area (Å²) in [4.78, 5) is 12.5. The predicted octanol–water partition coefficient (Wildman–Crippen LogP) is 1.92. The van der Waals surface area contributed by atoms with Crippen molar-refractivity contribution in [2.45, 2.75) is 31.7 Å². The summed E-state index contributed by atoms with van der Waals surface area (Å²) in [5, 5.41) is 16.1. The minimum Gasteiger partial charge on any atom is -0.396 e. The van der Waals surface area contributed by atoms with Gasteiger partial charge in [-0.25, -0.2) is 0 Å². The number of nitrogen functional groups attached to an aromatic ring is 1. The van der Waals surface area contributed by atoms with Crippen molar-refractivity contribution in [2.75, 3.05) is 17.6 Å². The van der Waals surface area contributed by atoms with Crippen molar-refractivity contribution < 1.29 is 4.79 Å². The van der Waals surface area contributed by atoms with Crippen LogP contribution in [0.1, 0.15) is 40.9 Å². The van der Waals surface area contributed by atoms with Gasteiger partial charge < -0.3 is 16.4 Å². The van der Waals surface area contributed by atoms with Crippen molar-refractivity contribution in [3.05, 3.63) is 10.4 Å². The molecule has 0 bridgehead atoms. The molecule has 3 rings (SSSR count). The molecule has 1 amide bonds. The Bertz CT molecular complexity index is 552. The zero-order valence-electron chi connectivity index (χ0n) is 10.5. The van der Waals surface area contributed by atoms with E-state index in [1.165, 1.54) is 24.2 Å². The average molecular weight is 276 g/mol. The molecule has 0 aliphatic heterocycles. The SMILES string of the molecule is N#Cc1c(NCC2CC2)sc(C(=O)NC2CC2)c1N. The van der Waals surface area contributed by atoms with Crippen LogP contribution in [0.5, 0.6) is 0 Å². The standard InChI is InChI=1S/C13H16N4OS/c14-5-9-10(15)11(12(18)17-8-3-4-8)19-13(9)16-6-7-1-2-7/h7-8,16H,1-4,6,15H2,(H,17,18). The van der Waals surface area contributed by atoms with E-state index in [2.05, 4.69) is 16.7 Å². The van der Waals surface area contributed by atoms with Gasteiger partial charge in [0.05, 0.1) is 5.69 Å². The molecule has 4 N–H and O–H groups in total. The maximum Gasteiger partial charge on any atom is 0.263 e. The zero-order valence-corrected chi connectivity index (χ0v) is 11.3. The minimum atomic E-state index is -0.152.